The van der Waals surface area contributed by atoms with E-state index in [0.717, 1.165) is 12.8 Å². The number of halogens is 2. The summed E-state index contributed by atoms with van der Waals surface area (Å²) in [5.74, 6) is -1.14. The van der Waals surface area contributed by atoms with Crippen molar-refractivity contribution in [2.45, 2.75) is 25.4 Å². The van der Waals surface area contributed by atoms with Crippen molar-refractivity contribution in [1.29, 1.82) is 0 Å². The Bertz CT molecular complexity index is 983. The minimum atomic E-state index is -0.569. The largest absolute Gasteiger partial charge is 0.447 e. The van der Waals surface area contributed by atoms with Gasteiger partial charge in [-0.1, -0.05) is 6.07 Å². The number of carbonyl (C=O) groups is 1. The molecule has 0 spiro atoms. The van der Waals surface area contributed by atoms with Gasteiger partial charge in [-0.25, -0.2) is 13.6 Å². The van der Waals surface area contributed by atoms with E-state index in [2.05, 4.69) is 5.32 Å². The lowest BCUT2D eigenvalue weighted by atomic mass is 10.0. The van der Waals surface area contributed by atoms with Crippen molar-refractivity contribution in [2.75, 3.05) is 36.5 Å². The van der Waals surface area contributed by atoms with Crippen molar-refractivity contribution in [3.8, 4) is 0 Å². The molecule has 10 heteroatoms. The summed E-state index contributed by atoms with van der Waals surface area (Å²) in [4.78, 5) is 26.1. The van der Waals surface area contributed by atoms with Gasteiger partial charge in [0.2, 0.25) is 0 Å². The molecular formula is C21H22F2N4O4. The molecule has 8 nitrogen and oxygen atoms in total. The fourth-order valence-electron chi connectivity index (χ4n) is 4.04. The number of cyclic esters (lactones) is 1. The van der Waals surface area contributed by atoms with E-state index in [1.165, 1.54) is 35.2 Å². The number of nitrogens with zero attached hydrogens (tertiary/aromatic N) is 3. The maximum absolute atomic E-state index is 14.0. The SMILES string of the molecule is O=C1OCCN1c1cc([N+](=O)[O-])ccc1NC1CCCN(Cc2c(F)cccc2F)C1. The zero-order valence-electron chi connectivity index (χ0n) is 16.7. The number of nitro groups is 1. The fourth-order valence-corrected chi connectivity index (χ4v) is 4.04. The predicted molar refractivity (Wildman–Crippen MR) is 110 cm³/mol. The number of amides is 1. The Kier molecular flexibility index (Phi) is 5.99. The van der Waals surface area contributed by atoms with Crippen LogP contribution < -0.4 is 10.2 Å². The van der Waals surface area contributed by atoms with Gasteiger partial charge in [-0.2, -0.15) is 0 Å². The molecule has 2 aliphatic rings. The first-order valence-corrected chi connectivity index (χ1v) is 10.1. The Balaban J connectivity index is 1.52. The van der Waals surface area contributed by atoms with Crippen LogP contribution in [0.1, 0.15) is 18.4 Å². The van der Waals surface area contributed by atoms with Crippen LogP contribution in [0.2, 0.25) is 0 Å². The molecule has 0 saturated carbocycles. The summed E-state index contributed by atoms with van der Waals surface area (Å²) in [6.07, 6.45) is 1.09. The number of likely N-dealkylation sites (tertiary alicyclic amines) is 1. The molecule has 2 aromatic carbocycles. The molecule has 31 heavy (non-hydrogen) atoms. The molecule has 164 valence electrons. The summed E-state index contributed by atoms with van der Waals surface area (Å²) in [5.41, 5.74) is 0.877. The topological polar surface area (TPSA) is 87.9 Å². The molecule has 0 aliphatic carbocycles. The number of non-ortho nitro benzene ring substituents is 1. The molecule has 0 radical (unpaired) electrons. The van der Waals surface area contributed by atoms with Crippen molar-refractivity contribution in [1.82, 2.24) is 4.90 Å². The molecule has 1 N–H and O–H groups in total. The normalized spacial score (nSPS) is 19.4. The van der Waals surface area contributed by atoms with Crippen LogP contribution in [0.5, 0.6) is 0 Å². The van der Waals surface area contributed by atoms with Crippen LogP contribution >= 0.6 is 0 Å². The fraction of sp³-hybridized carbons (Fsp3) is 0.381. The average Bonchev–Trinajstić information content (AvgIpc) is 3.17. The van der Waals surface area contributed by atoms with Crippen molar-refractivity contribution in [2.24, 2.45) is 0 Å². The van der Waals surface area contributed by atoms with Gasteiger partial charge in [-0.15, -0.1) is 0 Å². The minimum absolute atomic E-state index is 0.0407. The molecule has 2 aromatic rings. The van der Waals surface area contributed by atoms with Gasteiger partial charge in [-0.05, 0) is 37.6 Å². The molecule has 2 heterocycles. The van der Waals surface area contributed by atoms with Crippen LogP contribution in [0.4, 0.5) is 30.6 Å². The number of hydrogen-bond acceptors (Lipinski definition) is 6. The smallest absolute Gasteiger partial charge is 0.414 e. The van der Waals surface area contributed by atoms with Crippen LogP contribution in [-0.2, 0) is 11.3 Å². The summed E-state index contributed by atoms with van der Waals surface area (Å²) in [5, 5.41) is 14.6. The van der Waals surface area contributed by atoms with Gasteiger partial charge in [0.25, 0.3) is 5.69 Å². The van der Waals surface area contributed by atoms with Gasteiger partial charge >= 0.3 is 6.09 Å². The number of nitrogens with one attached hydrogen (secondary N) is 1. The zero-order chi connectivity index (χ0) is 22.0. The van der Waals surface area contributed by atoms with Crippen molar-refractivity contribution in [3.63, 3.8) is 0 Å². The number of carbonyl (C=O) groups excluding carboxylic acids is 1. The number of ether oxygens (including phenoxy) is 1. The molecule has 4 rings (SSSR count). The average molecular weight is 432 g/mol. The highest BCUT2D eigenvalue weighted by Crippen LogP contribution is 2.33. The predicted octanol–water partition coefficient (Wildman–Crippen LogP) is 3.91. The number of benzene rings is 2. The second-order valence-electron chi connectivity index (χ2n) is 7.64. The minimum Gasteiger partial charge on any atom is -0.447 e. The van der Waals surface area contributed by atoms with Crippen molar-refractivity contribution < 1.29 is 23.2 Å². The second kappa shape index (κ2) is 8.84. The quantitative estimate of drug-likeness (QED) is 0.550. The van der Waals surface area contributed by atoms with E-state index in [0.29, 0.717) is 31.0 Å². The highest BCUT2D eigenvalue weighted by molar-refractivity contribution is 5.94. The van der Waals surface area contributed by atoms with E-state index in [4.69, 9.17) is 4.74 Å². The first-order valence-electron chi connectivity index (χ1n) is 10.1. The first kappa shape index (κ1) is 21.0. The third kappa shape index (κ3) is 4.58. The van der Waals surface area contributed by atoms with Crippen molar-refractivity contribution in [3.05, 3.63) is 63.7 Å². The van der Waals surface area contributed by atoms with Gasteiger partial charge in [0.1, 0.15) is 18.2 Å². The lowest BCUT2D eigenvalue weighted by molar-refractivity contribution is -0.384. The van der Waals surface area contributed by atoms with E-state index in [-0.39, 0.29) is 30.4 Å². The number of anilines is 2. The second-order valence-corrected chi connectivity index (χ2v) is 7.64. The summed E-state index contributed by atoms with van der Waals surface area (Å²) in [6.45, 7) is 1.92. The summed E-state index contributed by atoms with van der Waals surface area (Å²) in [6, 6.07) is 8.09. The molecule has 2 fully saturated rings. The van der Waals surface area contributed by atoms with E-state index < -0.39 is 22.7 Å². The van der Waals surface area contributed by atoms with Crippen LogP contribution in [0.25, 0.3) is 0 Å². The Labute approximate surface area is 177 Å². The summed E-state index contributed by atoms with van der Waals surface area (Å²) >= 11 is 0. The summed E-state index contributed by atoms with van der Waals surface area (Å²) < 4.78 is 33.0. The van der Waals surface area contributed by atoms with Crippen LogP contribution in [-0.4, -0.2) is 48.2 Å². The zero-order valence-corrected chi connectivity index (χ0v) is 16.7. The monoisotopic (exact) mass is 432 g/mol. The molecule has 2 aliphatic heterocycles. The van der Waals surface area contributed by atoms with Crippen LogP contribution in [0, 0.1) is 21.7 Å². The van der Waals surface area contributed by atoms with Crippen LogP contribution in [0.3, 0.4) is 0 Å². The number of nitro benzene ring substituents is 1. The molecular weight excluding hydrogens is 410 g/mol. The molecule has 1 amide bonds. The Hall–Kier alpha value is -3.27. The lowest BCUT2D eigenvalue weighted by Gasteiger charge is -2.34. The van der Waals surface area contributed by atoms with E-state index in [1.807, 2.05) is 4.90 Å². The first-order chi connectivity index (χ1) is 14.9. The van der Waals surface area contributed by atoms with Gasteiger partial charge in [0, 0.05) is 36.8 Å². The Morgan fingerprint density at radius 1 is 1.19 bits per heavy atom. The third-order valence-corrected chi connectivity index (χ3v) is 5.55. The molecule has 1 unspecified atom stereocenters. The van der Waals surface area contributed by atoms with Crippen molar-refractivity contribution >= 4 is 23.2 Å². The number of piperidine rings is 1. The van der Waals surface area contributed by atoms with E-state index in [1.54, 1.807) is 6.07 Å². The lowest BCUT2D eigenvalue weighted by Crippen LogP contribution is -2.42. The van der Waals surface area contributed by atoms with Gasteiger partial charge < -0.3 is 10.1 Å². The number of hydrogen-bond donors (Lipinski definition) is 1. The van der Waals surface area contributed by atoms with Gasteiger partial charge in [0.05, 0.1) is 22.8 Å². The van der Waals surface area contributed by atoms with E-state index in [9.17, 15) is 23.7 Å². The third-order valence-electron chi connectivity index (χ3n) is 5.55. The summed E-state index contributed by atoms with van der Waals surface area (Å²) in [7, 11) is 0. The Morgan fingerprint density at radius 3 is 2.65 bits per heavy atom. The molecule has 0 aromatic heterocycles. The standard InChI is InChI=1S/C21H22F2N4O4/c22-17-4-1-5-18(23)16(17)13-25-8-2-3-14(12-25)24-19-7-6-15(27(29)30)11-20(19)26-9-10-31-21(26)28/h1,4-7,11,14,24H,2-3,8-10,12-13H2. The molecule has 1 atom stereocenters. The van der Waals surface area contributed by atoms with Gasteiger partial charge in [0.15, 0.2) is 0 Å². The Morgan fingerprint density at radius 2 is 1.97 bits per heavy atom. The van der Waals surface area contributed by atoms with Crippen LogP contribution in [0.15, 0.2) is 36.4 Å². The number of rotatable bonds is 6. The highest BCUT2D eigenvalue weighted by atomic mass is 19.1. The van der Waals surface area contributed by atoms with Gasteiger partial charge in [-0.3, -0.25) is 19.9 Å². The van der Waals surface area contributed by atoms with E-state index >= 15 is 0 Å². The maximum Gasteiger partial charge on any atom is 0.414 e. The molecule has 0 bridgehead atoms. The maximum atomic E-state index is 14.0. The molecule has 2 saturated heterocycles. The highest BCUT2D eigenvalue weighted by Gasteiger charge is 2.29.